The molecule has 4 rings (SSSR count). The highest BCUT2D eigenvalue weighted by Gasteiger charge is 2.34. The van der Waals surface area contributed by atoms with Gasteiger partial charge in [-0.25, -0.2) is 0 Å². The lowest BCUT2D eigenvalue weighted by molar-refractivity contribution is -0.117. The number of hydrogen-bond acceptors (Lipinski definition) is 5. The molecule has 6 nitrogen and oxygen atoms in total. The molecule has 2 N–H and O–H groups in total. The Morgan fingerprint density at radius 2 is 1.74 bits per heavy atom. The zero-order valence-corrected chi connectivity index (χ0v) is 22.4. The SMILES string of the molecule is COc1ccc(NC(=O)c2c(NC(=O)CN3CCCCCC3)sc3c2CCC(C(C)(C)C)C3)cc1. The highest BCUT2D eigenvalue weighted by molar-refractivity contribution is 7.17. The first-order chi connectivity index (χ1) is 16.7. The van der Waals surface area contributed by atoms with Crippen LogP contribution >= 0.6 is 11.3 Å². The van der Waals surface area contributed by atoms with E-state index in [2.05, 4.69) is 36.3 Å². The first-order valence-electron chi connectivity index (χ1n) is 12.9. The summed E-state index contributed by atoms with van der Waals surface area (Å²) in [6, 6.07) is 7.33. The summed E-state index contributed by atoms with van der Waals surface area (Å²) in [4.78, 5) is 30.0. The molecule has 2 aromatic rings. The fraction of sp³-hybridized carbons (Fsp3) is 0.571. The molecule has 1 unspecified atom stereocenters. The number of fused-ring (bicyclic) bond motifs is 1. The van der Waals surface area contributed by atoms with Gasteiger partial charge in [-0.15, -0.1) is 11.3 Å². The lowest BCUT2D eigenvalue weighted by Gasteiger charge is -2.33. The smallest absolute Gasteiger partial charge is 0.258 e. The molecule has 1 atom stereocenters. The van der Waals surface area contributed by atoms with Crippen LogP contribution in [0.5, 0.6) is 5.75 Å². The molecular weight excluding hydrogens is 458 g/mol. The van der Waals surface area contributed by atoms with Crippen molar-refractivity contribution in [1.29, 1.82) is 0 Å². The quantitative estimate of drug-likeness (QED) is 0.515. The van der Waals surface area contributed by atoms with Gasteiger partial charge in [0.1, 0.15) is 10.8 Å². The number of carbonyl (C=O) groups is 2. The molecule has 1 aromatic carbocycles. The molecule has 1 aromatic heterocycles. The molecule has 0 spiro atoms. The van der Waals surface area contributed by atoms with Crippen LogP contribution in [0.4, 0.5) is 10.7 Å². The van der Waals surface area contributed by atoms with Crippen LogP contribution in [-0.2, 0) is 17.6 Å². The van der Waals surface area contributed by atoms with E-state index in [-0.39, 0.29) is 17.2 Å². The number of nitrogens with zero attached hydrogens (tertiary/aromatic N) is 1. The number of ether oxygens (including phenoxy) is 1. The minimum absolute atomic E-state index is 0.0311. The number of rotatable bonds is 6. The average molecular weight is 498 g/mol. The Bertz CT molecular complexity index is 1030. The summed E-state index contributed by atoms with van der Waals surface area (Å²) in [6.45, 7) is 9.18. The molecule has 190 valence electrons. The number of anilines is 2. The van der Waals surface area contributed by atoms with Crippen LogP contribution in [0.3, 0.4) is 0 Å². The molecule has 0 saturated carbocycles. The summed E-state index contributed by atoms with van der Waals surface area (Å²) < 4.78 is 5.23. The van der Waals surface area contributed by atoms with Crippen LogP contribution in [0.2, 0.25) is 0 Å². The average Bonchev–Trinajstić information content (AvgIpc) is 2.97. The van der Waals surface area contributed by atoms with E-state index in [1.165, 1.54) is 17.7 Å². The topological polar surface area (TPSA) is 70.7 Å². The van der Waals surface area contributed by atoms with Gasteiger partial charge in [-0.2, -0.15) is 0 Å². The zero-order chi connectivity index (χ0) is 25.0. The predicted octanol–water partition coefficient (Wildman–Crippen LogP) is 5.97. The van der Waals surface area contributed by atoms with E-state index in [1.54, 1.807) is 18.4 Å². The lowest BCUT2D eigenvalue weighted by atomic mass is 9.72. The molecule has 35 heavy (non-hydrogen) atoms. The molecule has 1 saturated heterocycles. The standard InChI is InChI=1S/C28H39N3O3S/c1-28(2,3)19-9-14-22-23(17-19)35-27(30-24(32)18-31-15-7-5-6-8-16-31)25(22)26(33)29-20-10-12-21(34-4)13-11-20/h10-13,19H,5-9,14-18H2,1-4H3,(H,29,33)(H,30,32). The fourth-order valence-electron chi connectivity index (χ4n) is 5.18. The summed E-state index contributed by atoms with van der Waals surface area (Å²) >= 11 is 1.59. The number of thiophene rings is 1. The summed E-state index contributed by atoms with van der Waals surface area (Å²) in [5, 5.41) is 6.86. The van der Waals surface area contributed by atoms with E-state index in [4.69, 9.17) is 4.74 Å². The maximum atomic E-state index is 13.5. The van der Waals surface area contributed by atoms with Crippen molar-refractivity contribution in [3.8, 4) is 5.75 Å². The first-order valence-corrected chi connectivity index (χ1v) is 13.7. The van der Waals surface area contributed by atoms with Gasteiger partial charge in [-0.05, 0) is 86.4 Å². The number of amides is 2. The van der Waals surface area contributed by atoms with Crippen molar-refractivity contribution in [2.45, 2.75) is 65.7 Å². The number of nitrogens with one attached hydrogen (secondary N) is 2. The lowest BCUT2D eigenvalue weighted by Crippen LogP contribution is -2.34. The Morgan fingerprint density at radius 1 is 1.06 bits per heavy atom. The molecule has 1 aliphatic carbocycles. The van der Waals surface area contributed by atoms with Gasteiger partial charge < -0.3 is 15.4 Å². The van der Waals surface area contributed by atoms with Crippen LogP contribution in [0.1, 0.15) is 73.7 Å². The zero-order valence-electron chi connectivity index (χ0n) is 21.5. The summed E-state index contributed by atoms with van der Waals surface area (Å²) in [6.07, 6.45) is 7.63. The van der Waals surface area contributed by atoms with Crippen LogP contribution in [0.25, 0.3) is 0 Å². The summed E-state index contributed by atoms with van der Waals surface area (Å²) in [7, 11) is 1.62. The summed E-state index contributed by atoms with van der Waals surface area (Å²) in [5.74, 6) is 1.11. The van der Waals surface area contributed by atoms with E-state index in [0.29, 0.717) is 28.7 Å². The second-order valence-corrected chi connectivity index (χ2v) is 12.0. The summed E-state index contributed by atoms with van der Waals surface area (Å²) in [5.41, 5.74) is 2.66. The van der Waals surface area contributed by atoms with E-state index in [9.17, 15) is 9.59 Å². The van der Waals surface area contributed by atoms with E-state index in [1.807, 2.05) is 24.3 Å². The molecule has 1 aliphatic heterocycles. The first kappa shape index (κ1) is 25.7. The molecule has 2 aliphatic rings. The van der Waals surface area contributed by atoms with Crippen molar-refractivity contribution in [1.82, 2.24) is 4.90 Å². The second kappa shape index (κ2) is 11.1. The Kier molecular flexibility index (Phi) is 8.17. The van der Waals surface area contributed by atoms with Gasteiger partial charge in [-0.3, -0.25) is 14.5 Å². The molecule has 0 radical (unpaired) electrons. The van der Waals surface area contributed by atoms with Crippen molar-refractivity contribution in [3.05, 3.63) is 40.3 Å². The van der Waals surface area contributed by atoms with Crippen molar-refractivity contribution in [3.63, 3.8) is 0 Å². The van der Waals surface area contributed by atoms with Crippen molar-refractivity contribution >= 4 is 33.8 Å². The third-order valence-electron chi connectivity index (χ3n) is 7.38. The maximum Gasteiger partial charge on any atom is 0.258 e. The number of hydrogen-bond donors (Lipinski definition) is 2. The van der Waals surface area contributed by atoms with Gasteiger partial charge in [0.15, 0.2) is 0 Å². The van der Waals surface area contributed by atoms with Gasteiger partial charge in [0.25, 0.3) is 5.91 Å². The van der Waals surface area contributed by atoms with Gasteiger partial charge in [0, 0.05) is 10.6 Å². The van der Waals surface area contributed by atoms with Crippen LogP contribution in [0, 0.1) is 11.3 Å². The van der Waals surface area contributed by atoms with Crippen LogP contribution in [0.15, 0.2) is 24.3 Å². The highest BCUT2D eigenvalue weighted by atomic mass is 32.1. The number of carbonyl (C=O) groups excluding carboxylic acids is 2. The van der Waals surface area contributed by atoms with Crippen molar-refractivity contribution in [2.24, 2.45) is 11.3 Å². The monoisotopic (exact) mass is 497 g/mol. The van der Waals surface area contributed by atoms with E-state index < -0.39 is 0 Å². The van der Waals surface area contributed by atoms with Crippen LogP contribution in [-0.4, -0.2) is 43.5 Å². The second-order valence-electron chi connectivity index (χ2n) is 10.9. The number of benzene rings is 1. The minimum Gasteiger partial charge on any atom is -0.497 e. The third-order valence-corrected chi connectivity index (χ3v) is 8.55. The van der Waals surface area contributed by atoms with Gasteiger partial charge >= 0.3 is 0 Å². The normalized spacial score (nSPS) is 18.9. The van der Waals surface area contributed by atoms with Crippen LogP contribution < -0.4 is 15.4 Å². The minimum atomic E-state index is -0.160. The van der Waals surface area contributed by atoms with E-state index in [0.717, 1.165) is 56.5 Å². The van der Waals surface area contributed by atoms with Crippen molar-refractivity contribution < 1.29 is 14.3 Å². The largest absolute Gasteiger partial charge is 0.497 e. The van der Waals surface area contributed by atoms with Gasteiger partial charge in [0.05, 0.1) is 19.2 Å². The Balaban J connectivity index is 1.57. The maximum absolute atomic E-state index is 13.5. The molecule has 1 fully saturated rings. The molecular formula is C28H39N3O3S. The Hall–Kier alpha value is -2.38. The fourth-order valence-corrected chi connectivity index (χ4v) is 6.53. The van der Waals surface area contributed by atoms with Gasteiger partial charge in [-0.1, -0.05) is 33.6 Å². The number of likely N-dealkylation sites (tertiary alicyclic amines) is 1. The molecule has 2 amide bonds. The van der Waals surface area contributed by atoms with Crippen molar-refractivity contribution in [2.75, 3.05) is 37.4 Å². The molecule has 0 bridgehead atoms. The Labute approximate surface area is 213 Å². The molecule has 7 heteroatoms. The predicted molar refractivity (Wildman–Crippen MR) is 144 cm³/mol. The molecule has 2 heterocycles. The Morgan fingerprint density at radius 3 is 2.37 bits per heavy atom. The highest BCUT2D eigenvalue weighted by Crippen LogP contribution is 2.44. The third kappa shape index (κ3) is 6.44. The number of methoxy groups -OCH3 is 1. The van der Waals surface area contributed by atoms with Gasteiger partial charge in [0.2, 0.25) is 5.91 Å². The van der Waals surface area contributed by atoms with E-state index >= 15 is 0 Å².